The van der Waals surface area contributed by atoms with E-state index in [1.54, 1.807) is 36.7 Å². The number of hydrogen-bond donors (Lipinski definition) is 2. The molecule has 176 valence electrons. The third kappa shape index (κ3) is 5.46. The van der Waals surface area contributed by atoms with Crippen molar-refractivity contribution in [1.82, 2.24) is 10.3 Å². The van der Waals surface area contributed by atoms with Gasteiger partial charge in [0.05, 0.1) is 19.8 Å². The van der Waals surface area contributed by atoms with Gasteiger partial charge in [-0.1, -0.05) is 6.07 Å². The lowest BCUT2D eigenvalue weighted by atomic mass is 10.1. The molecule has 2 aromatic carbocycles. The van der Waals surface area contributed by atoms with Gasteiger partial charge in [-0.2, -0.15) is 0 Å². The summed E-state index contributed by atoms with van der Waals surface area (Å²) < 4.78 is 10.5. The fraction of sp³-hybridized carbons (Fsp3) is 0.269. The van der Waals surface area contributed by atoms with Gasteiger partial charge < -0.3 is 25.0 Å². The quantitative estimate of drug-likeness (QED) is 0.530. The molecule has 0 aliphatic carbocycles. The SMILES string of the molecule is COc1cc(OC)cc(C(=O)Nc2ccc(N3CCCC3)c(C(=O)NCc3cccnc3)c2)c1. The Kier molecular flexibility index (Phi) is 7.27. The van der Waals surface area contributed by atoms with E-state index >= 15 is 0 Å². The maximum Gasteiger partial charge on any atom is 0.255 e. The lowest BCUT2D eigenvalue weighted by molar-refractivity contribution is 0.0950. The molecule has 3 aromatic rings. The van der Waals surface area contributed by atoms with Crippen LogP contribution in [-0.4, -0.2) is 44.1 Å². The minimum Gasteiger partial charge on any atom is -0.497 e. The summed E-state index contributed by atoms with van der Waals surface area (Å²) in [5.74, 6) is 0.506. The largest absolute Gasteiger partial charge is 0.497 e. The van der Waals surface area contributed by atoms with Gasteiger partial charge in [0.25, 0.3) is 11.8 Å². The number of nitrogens with zero attached hydrogens (tertiary/aromatic N) is 2. The fourth-order valence-electron chi connectivity index (χ4n) is 3.95. The monoisotopic (exact) mass is 460 g/mol. The Hall–Kier alpha value is -4.07. The predicted octanol–water partition coefficient (Wildman–Crippen LogP) is 3.88. The molecule has 8 nitrogen and oxygen atoms in total. The molecular formula is C26H28N4O4. The van der Waals surface area contributed by atoms with Crippen LogP contribution in [0.1, 0.15) is 39.1 Å². The molecule has 0 bridgehead atoms. The van der Waals surface area contributed by atoms with E-state index in [9.17, 15) is 9.59 Å². The van der Waals surface area contributed by atoms with Crippen LogP contribution in [0, 0.1) is 0 Å². The summed E-state index contributed by atoms with van der Waals surface area (Å²) in [4.78, 5) is 32.4. The molecule has 34 heavy (non-hydrogen) atoms. The normalized spacial score (nSPS) is 12.8. The van der Waals surface area contributed by atoms with Gasteiger partial charge in [-0.3, -0.25) is 14.6 Å². The number of benzene rings is 2. The highest BCUT2D eigenvalue weighted by atomic mass is 16.5. The first-order valence-corrected chi connectivity index (χ1v) is 11.2. The molecule has 4 rings (SSSR count). The van der Waals surface area contributed by atoms with E-state index in [1.165, 1.54) is 14.2 Å². The Labute approximate surface area is 198 Å². The molecule has 2 amide bonds. The summed E-state index contributed by atoms with van der Waals surface area (Å²) in [6, 6.07) is 14.2. The second kappa shape index (κ2) is 10.7. The van der Waals surface area contributed by atoms with Gasteiger partial charge in [0.2, 0.25) is 0 Å². The van der Waals surface area contributed by atoms with Crippen LogP contribution in [0.5, 0.6) is 11.5 Å². The van der Waals surface area contributed by atoms with Gasteiger partial charge in [0.15, 0.2) is 0 Å². The number of anilines is 2. The Bertz CT molecular complexity index is 1140. The standard InChI is InChI=1S/C26H28N4O4/c1-33-21-12-19(13-22(15-21)34-2)25(31)29-20-7-8-24(30-10-3-4-11-30)23(14-20)26(32)28-17-18-6-5-9-27-16-18/h5-9,12-16H,3-4,10-11,17H2,1-2H3,(H,28,32)(H,29,31). The van der Waals surface area contributed by atoms with Gasteiger partial charge in [-0.05, 0) is 54.8 Å². The van der Waals surface area contributed by atoms with Crippen LogP contribution in [0.4, 0.5) is 11.4 Å². The molecule has 0 atom stereocenters. The van der Waals surface area contributed by atoms with Crippen molar-refractivity contribution in [3.8, 4) is 11.5 Å². The lowest BCUT2D eigenvalue weighted by Crippen LogP contribution is -2.27. The number of amides is 2. The van der Waals surface area contributed by atoms with Crippen LogP contribution in [-0.2, 0) is 6.54 Å². The maximum absolute atomic E-state index is 13.2. The third-order valence-corrected chi connectivity index (χ3v) is 5.74. The summed E-state index contributed by atoms with van der Waals surface area (Å²) in [5.41, 5.74) is 3.22. The van der Waals surface area contributed by atoms with Crippen molar-refractivity contribution in [2.75, 3.05) is 37.5 Å². The van der Waals surface area contributed by atoms with Crippen LogP contribution < -0.4 is 25.0 Å². The van der Waals surface area contributed by atoms with Gasteiger partial charge in [0, 0.05) is 55.0 Å². The van der Waals surface area contributed by atoms with E-state index in [1.807, 2.05) is 24.3 Å². The number of nitrogens with one attached hydrogen (secondary N) is 2. The van der Waals surface area contributed by atoms with E-state index in [4.69, 9.17) is 9.47 Å². The fourth-order valence-corrected chi connectivity index (χ4v) is 3.95. The van der Waals surface area contributed by atoms with Crippen molar-refractivity contribution >= 4 is 23.2 Å². The second-order valence-corrected chi connectivity index (χ2v) is 8.03. The topological polar surface area (TPSA) is 92.8 Å². The summed E-state index contributed by atoms with van der Waals surface area (Å²) in [7, 11) is 3.06. The smallest absolute Gasteiger partial charge is 0.255 e. The van der Waals surface area contributed by atoms with Gasteiger partial charge in [-0.15, -0.1) is 0 Å². The number of aromatic nitrogens is 1. The number of methoxy groups -OCH3 is 2. The number of carbonyl (C=O) groups excluding carboxylic acids is 2. The predicted molar refractivity (Wildman–Crippen MR) is 131 cm³/mol. The Morgan fingerprint density at radius 1 is 0.971 bits per heavy atom. The molecule has 8 heteroatoms. The molecule has 0 spiro atoms. The first-order chi connectivity index (χ1) is 16.6. The van der Waals surface area contributed by atoms with Crippen molar-refractivity contribution in [3.05, 3.63) is 77.6 Å². The molecule has 1 aromatic heterocycles. The molecular weight excluding hydrogens is 432 g/mol. The molecule has 1 fully saturated rings. The van der Waals surface area contributed by atoms with Crippen LogP contribution in [0.2, 0.25) is 0 Å². The van der Waals surface area contributed by atoms with E-state index in [0.717, 1.165) is 37.2 Å². The average molecular weight is 461 g/mol. The highest BCUT2D eigenvalue weighted by Crippen LogP contribution is 2.29. The van der Waals surface area contributed by atoms with E-state index in [0.29, 0.717) is 34.9 Å². The third-order valence-electron chi connectivity index (χ3n) is 5.74. The van der Waals surface area contributed by atoms with Crippen molar-refractivity contribution in [3.63, 3.8) is 0 Å². The number of rotatable bonds is 8. The molecule has 2 N–H and O–H groups in total. The summed E-state index contributed by atoms with van der Waals surface area (Å²) in [6.07, 6.45) is 5.60. The molecule has 0 unspecified atom stereocenters. The molecule has 1 saturated heterocycles. The zero-order chi connectivity index (χ0) is 23.9. The molecule has 0 radical (unpaired) electrons. The minimum atomic E-state index is -0.326. The van der Waals surface area contributed by atoms with Crippen molar-refractivity contribution in [1.29, 1.82) is 0 Å². The number of hydrogen-bond acceptors (Lipinski definition) is 6. The van der Waals surface area contributed by atoms with E-state index in [2.05, 4.69) is 20.5 Å². The molecule has 2 heterocycles. The highest BCUT2D eigenvalue weighted by molar-refractivity contribution is 6.06. The van der Waals surface area contributed by atoms with Crippen LogP contribution in [0.3, 0.4) is 0 Å². The lowest BCUT2D eigenvalue weighted by Gasteiger charge is -2.22. The van der Waals surface area contributed by atoms with E-state index < -0.39 is 0 Å². The van der Waals surface area contributed by atoms with Crippen LogP contribution >= 0.6 is 0 Å². The number of ether oxygens (including phenoxy) is 2. The van der Waals surface area contributed by atoms with Gasteiger partial charge in [-0.25, -0.2) is 0 Å². The van der Waals surface area contributed by atoms with Gasteiger partial charge in [0.1, 0.15) is 11.5 Å². The second-order valence-electron chi connectivity index (χ2n) is 8.03. The highest BCUT2D eigenvalue weighted by Gasteiger charge is 2.21. The Morgan fingerprint density at radius 2 is 1.71 bits per heavy atom. The van der Waals surface area contributed by atoms with Crippen molar-refractivity contribution < 1.29 is 19.1 Å². The van der Waals surface area contributed by atoms with E-state index in [-0.39, 0.29) is 11.8 Å². The zero-order valence-corrected chi connectivity index (χ0v) is 19.3. The number of pyridine rings is 1. The minimum absolute atomic E-state index is 0.204. The van der Waals surface area contributed by atoms with Gasteiger partial charge >= 0.3 is 0 Å². The van der Waals surface area contributed by atoms with Crippen molar-refractivity contribution in [2.45, 2.75) is 19.4 Å². The first-order valence-electron chi connectivity index (χ1n) is 11.2. The van der Waals surface area contributed by atoms with Crippen LogP contribution in [0.15, 0.2) is 60.9 Å². The molecule has 0 saturated carbocycles. The zero-order valence-electron chi connectivity index (χ0n) is 19.3. The Morgan fingerprint density at radius 3 is 2.35 bits per heavy atom. The summed E-state index contributed by atoms with van der Waals surface area (Å²) in [5, 5.41) is 5.86. The van der Waals surface area contributed by atoms with Crippen LogP contribution in [0.25, 0.3) is 0 Å². The first kappa shape index (κ1) is 23.1. The molecule has 1 aliphatic rings. The number of carbonyl (C=O) groups is 2. The Balaban J connectivity index is 1.57. The van der Waals surface area contributed by atoms with Crippen molar-refractivity contribution in [2.24, 2.45) is 0 Å². The summed E-state index contributed by atoms with van der Waals surface area (Å²) in [6.45, 7) is 2.17. The maximum atomic E-state index is 13.2. The molecule has 1 aliphatic heterocycles. The average Bonchev–Trinajstić information content (AvgIpc) is 3.42. The summed E-state index contributed by atoms with van der Waals surface area (Å²) >= 11 is 0.